The summed E-state index contributed by atoms with van der Waals surface area (Å²) in [6, 6.07) is 127. The summed E-state index contributed by atoms with van der Waals surface area (Å²) in [7, 11) is 0. The van der Waals surface area contributed by atoms with Crippen LogP contribution in [0.5, 0.6) is 0 Å². The van der Waals surface area contributed by atoms with Crippen molar-refractivity contribution in [3.8, 4) is 132 Å². The fraction of sp³-hybridized carbons (Fsp3) is 0. The predicted molar refractivity (Wildman–Crippen MR) is 595 cm³/mol. The first-order valence-electron chi connectivity index (χ1n) is 48.0. The molecule has 0 saturated carbocycles. The van der Waals surface area contributed by atoms with Crippen LogP contribution in [0, 0.1) is 0 Å². The van der Waals surface area contributed by atoms with Gasteiger partial charge in [0.25, 0.3) is 0 Å². The van der Waals surface area contributed by atoms with Gasteiger partial charge in [-0.2, -0.15) is 0 Å². The lowest BCUT2D eigenvalue weighted by atomic mass is 10.0. The zero-order valence-electron chi connectivity index (χ0n) is 77.9. The van der Waals surface area contributed by atoms with Crippen molar-refractivity contribution >= 4 is 165 Å². The van der Waals surface area contributed by atoms with Crippen LogP contribution in [0.4, 0.5) is 0 Å². The van der Waals surface area contributed by atoms with Gasteiger partial charge in [0.1, 0.15) is 30.0 Å². The first-order valence-corrected chi connectivity index (χ1v) is 50.4. The smallest absolute Gasteiger partial charge is 0.159 e. The Labute approximate surface area is 849 Å². The number of benzene rings is 15. The van der Waals surface area contributed by atoms with Crippen molar-refractivity contribution in [2.75, 3.05) is 0 Å². The summed E-state index contributed by atoms with van der Waals surface area (Å²) in [4.78, 5) is 69.5. The molecular formula is C123H75N21S3. The summed E-state index contributed by atoms with van der Waals surface area (Å²) in [5.74, 6) is 4.19. The van der Waals surface area contributed by atoms with Crippen molar-refractivity contribution in [3.63, 3.8) is 0 Å². The van der Waals surface area contributed by atoms with Crippen LogP contribution in [0.3, 0.4) is 0 Å². The van der Waals surface area contributed by atoms with Gasteiger partial charge in [-0.05, 0) is 206 Å². The lowest BCUT2D eigenvalue weighted by Crippen LogP contribution is -1.97. The summed E-state index contributed by atoms with van der Waals surface area (Å²) in [6.45, 7) is 0. The van der Waals surface area contributed by atoms with Gasteiger partial charge in [-0.3, -0.25) is 13.7 Å². The number of rotatable bonds is 15. The average molecular weight is 1940 g/mol. The molecule has 0 N–H and O–H groups in total. The average Bonchev–Trinajstić information content (AvgIpc) is 1.54. The number of fused-ring (bicyclic) bond motifs is 20. The molecule has 0 fully saturated rings. The van der Waals surface area contributed by atoms with E-state index in [-0.39, 0.29) is 0 Å². The molecule has 0 aliphatic heterocycles. The number of aromatic nitrogens is 21. The predicted octanol–water partition coefficient (Wildman–Crippen LogP) is 29.8. The van der Waals surface area contributed by atoms with Gasteiger partial charge < -0.3 is 13.7 Å². The van der Waals surface area contributed by atoms with E-state index in [0.29, 0.717) is 34.9 Å². The maximum atomic E-state index is 4.93. The summed E-state index contributed by atoms with van der Waals surface area (Å²) in [5, 5.41) is 19.7. The highest BCUT2D eigenvalue weighted by Gasteiger charge is 2.29. The molecule has 0 aliphatic carbocycles. The minimum atomic E-state index is 0.692. The highest BCUT2D eigenvalue weighted by Crippen LogP contribution is 2.50. The molecule has 0 amide bonds. The monoisotopic (exact) mass is 1940 g/mol. The Balaban J connectivity index is 0.000000107. The molecule has 0 atom stereocenters. The Morgan fingerprint density at radius 1 is 0.150 bits per heavy atom. The lowest BCUT2D eigenvalue weighted by Gasteiger charge is -2.11. The van der Waals surface area contributed by atoms with Crippen LogP contribution in [0.2, 0.25) is 0 Å². The van der Waals surface area contributed by atoms with Crippen molar-refractivity contribution < 1.29 is 0 Å². The minimum Gasteiger partial charge on any atom is -0.309 e. The van der Waals surface area contributed by atoms with Crippen LogP contribution in [0.15, 0.2) is 457 Å². The molecular weight excluding hydrogens is 1870 g/mol. The molecule has 15 heterocycles. The van der Waals surface area contributed by atoms with Crippen molar-refractivity contribution in [2.45, 2.75) is 0 Å². The molecule has 0 unspecified atom stereocenters. The van der Waals surface area contributed by atoms with E-state index in [1.54, 1.807) is 108 Å². The molecule has 15 aromatic carbocycles. The second-order valence-corrected chi connectivity index (χ2v) is 38.6. The Bertz CT molecular complexity index is 10300. The maximum absolute atomic E-state index is 4.93. The second-order valence-electron chi connectivity index (χ2n) is 35.6. The summed E-state index contributed by atoms with van der Waals surface area (Å²) < 4.78 is 14.2. The SMILES string of the molecule is c1ccc(-c2ncc(-n3c4ccc(-c5ncccn5)cc4c4c5c6cc(-c7ncccn7)ccc6n(-c6ccccc6)c5ccc43)s2)cc1.c1ccc(-c2ncc(-n3c4ccc(-c5ncccn5)cc4c4cc5c6cc(-c7ncccn7)ccc6n(-c6ccccc6)c5cc43)s2)cc1.c1ccc(-c2ncc(-n3c4ccc(-c5ncccn5)cc4c4ccc5c6cc(-c7ncccn7)ccc6n(-c6ccccc6)c5c43)s2)cc1. The van der Waals surface area contributed by atoms with E-state index in [0.717, 1.165) is 228 Å². The van der Waals surface area contributed by atoms with Crippen LogP contribution in [0.1, 0.15) is 0 Å². The quantitative estimate of drug-likeness (QED) is 0.0931. The van der Waals surface area contributed by atoms with Crippen LogP contribution < -0.4 is 0 Å². The Morgan fingerprint density at radius 2 is 0.381 bits per heavy atom. The number of hydrogen-bond donors (Lipinski definition) is 0. The van der Waals surface area contributed by atoms with Crippen LogP contribution in [-0.4, -0.2) is 102 Å². The third-order valence-electron chi connectivity index (χ3n) is 27.2. The number of nitrogens with zero attached hydrogens (tertiary/aromatic N) is 21. The molecule has 30 rings (SSSR count). The van der Waals surface area contributed by atoms with Gasteiger partial charge in [-0.1, -0.05) is 192 Å². The lowest BCUT2D eigenvalue weighted by molar-refractivity contribution is 1.16. The van der Waals surface area contributed by atoms with Crippen LogP contribution in [0.25, 0.3) is 263 Å². The first kappa shape index (κ1) is 85.4. The van der Waals surface area contributed by atoms with Gasteiger partial charge in [-0.25, -0.2) is 74.8 Å². The fourth-order valence-electron chi connectivity index (χ4n) is 20.8. The van der Waals surface area contributed by atoms with Gasteiger partial charge in [0, 0.05) is 206 Å². The van der Waals surface area contributed by atoms with Gasteiger partial charge >= 0.3 is 0 Å². The normalized spacial score (nSPS) is 11.7. The molecule has 0 spiro atoms. The molecule has 0 radical (unpaired) electrons. The highest BCUT2D eigenvalue weighted by atomic mass is 32.1. The molecule has 24 heteroatoms. The van der Waals surface area contributed by atoms with Gasteiger partial charge in [0.2, 0.25) is 0 Å². The fourth-order valence-corrected chi connectivity index (χ4v) is 23.6. The topological polar surface area (TPSA) is 223 Å². The molecule has 690 valence electrons. The number of thiazole rings is 3. The molecule has 30 aromatic rings. The van der Waals surface area contributed by atoms with E-state index in [1.165, 1.54) is 0 Å². The maximum Gasteiger partial charge on any atom is 0.159 e. The molecule has 0 saturated heterocycles. The molecule has 147 heavy (non-hydrogen) atoms. The Hall–Kier alpha value is -19.5. The molecule has 15 aromatic heterocycles. The van der Waals surface area contributed by atoms with E-state index < -0.39 is 0 Å². The zero-order valence-corrected chi connectivity index (χ0v) is 80.4. The van der Waals surface area contributed by atoms with E-state index in [9.17, 15) is 0 Å². The summed E-state index contributed by atoms with van der Waals surface area (Å²) >= 11 is 5.07. The Morgan fingerprint density at radius 3 is 0.728 bits per heavy atom. The zero-order chi connectivity index (χ0) is 96.9. The van der Waals surface area contributed by atoms with Gasteiger partial charge in [-0.15, -0.1) is 0 Å². The number of hydrogen-bond acceptors (Lipinski definition) is 18. The van der Waals surface area contributed by atoms with Gasteiger partial charge in [0.05, 0.1) is 84.8 Å². The number of para-hydroxylation sites is 3. The minimum absolute atomic E-state index is 0.692. The summed E-state index contributed by atoms with van der Waals surface area (Å²) in [6.07, 6.45) is 27.4. The largest absolute Gasteiger partial charge is 0.309 e. The van der Waals surface area contributed by atoms with Crippen LogP contribution >= 0.6 is 34.0 Å². The molecule has 21 nitrogen and oxygen atoms in total. The third kappa shape index (κ3) is 14.8. The van der Waals surface area contributed by atoms with Crippen molar-refractivity contribution in [3.05, 3.63) is 457 Å². The van der Waals surface area contributed by atoms with Crippen molar-refractivity contribution in [2.24, 2.45) is 0 Å². The Kier molecular flexibility index (Phi) is 20.9. The van der Waals surface area contributed by atoms with E-state index in [1.807, 2.05) is 73.2 Å². The summed E-state index contributed by atoms with van der Waals surface area (Å²) in [5.41, 5.74) is 25.7. The van der Waals surface area contributed by atoms with E-state index in [4.69, 9.17) is 15.0 Å². The third-order valence-corrected chi connectivity index (χ3v) is 30.2. The standard InChI is InChI=1S/3C41H25N7S/c1-3-9-26(10-4-1)41-46-25-36(49-41)48-35-18-14-28(40-44-21-8-22-45-40)24-33(35)31-16-15-30-32-23-27(39-42-19-7-20-43-39)13-17-34(32)47(37(30)38(31)48)29-11-5-2-6-12-29;1-3-9-26(10-4-1)41-46-25-36(49-41)48-33-16-14-28(40-44-21-8-22-45-40)24-31(33)38-35(48)18-17-34-37(38)30-23-27(39-42-19-7-20-43-39)13-15-32(30)47(34)29-11-5-2-6-12-29;1-3-9-26(10-4-1)41-46-25-38(49-41)48-35-16-14-28(40-44-19-8-20-45-40)22-31(35)33-23-32-30-21-27(39-42-17-7-18-43-39)13-15-34(30)47(36(32)24-37(33)48)29-11-5-2-6-12-29/h3*1-25H. The molecule has 0 bridgehead atoms. The van der Waals surface area contributed by atoms with E-state index in [2.05, 4.69) is 397 Å². The van der Waals surface area contributed by atoms with Crippen molar-refractivity contribution in [1.82, 2.24) is 102 Å². The van der Waals surface area contributed by atoms with E-state index >= 15 is 0 Å². The molecule has 0 aliphatic rings. The van der Waals surface area contributed by atoms with Gasteiger partial charge in [0.15, 0.2) is 34.9 Å². The highest BCUT2D eigenvalue weighted by molar-refractivity contribution is 7.18. The first-order chi connectivity index (χ1) is 72.9. The second kappa shape index (κ2) is 35.9. The van der Waals surface area contributed by atoms with Crippen molar-refractivity contribution in [1.29, 1.82) is 0 Å². The van der Waals surface area contributed by atoms with Crippen LogP contribution in [-0.2, 0) is 0 Å².